The van der Waals surface area contributed by atoms with Crippen LogP contribution in [-0.4, -0.2) is 34.9 Å². The van der Waals surface area contributed by atoms with E-state index in [-0.39, 0.29) is 12.6 Å². The van der Waals surface area contributed by atoms with Gasteiger partial charge in [-0.3, -0.25) is 0 Å². The van der Waals surface area contributed by atoms with Crippen LogP contribution < -0.4 is 5.73 Å². The molecule has 0 saturated carbocycles. The summed E-state index contributed by atoms with van der Waals surface area (Å²) in [5.74, 6) is -0.378. The first-order valence-corrected chi connectivity index (χ1v) is 5.04. The molecule has 0 amide bonds. The van der Waals surface area contributed by atoms with Crippen LogP contribution in [0.3, 0.4) is 0 Å². The maximum Gasteiger partial charge on any atom is 0.354 e. The molecule has 1 aromatic heterocycles. The van der Waals surface area contributed by atoms with Gasteiger partial charge >= 0.3 is 5.97 Å². The van der Waals surface area contributed by atoms with Gasteiger partial charge in [0.25, 0.3) is 0 Å². The maximum atomic E-state index is 11.4. The number of carbonyl (C=O) groups is 1. The number of aliphatic hydroxyl groups excluding tert-OH is 1. The van der Waals surface area contributed by atoms with Crippen molar-refractivity contribution in [2.24, 2.45) is 12.8 Å². The van der Waals surface area contributed by atoms with Crippen molar-refractivity contribution in [2.75, 3.05) is 13.7 Å². The Labute approximate surface area is 94.8 Å². The molecule has 0 aliphatic rings. The summed E-state index contributed by atoms with van der Waals surface area (Å²) in [6.07, 6.45) is 0.497. The SMILES string of the molecule is COC(=O)c1ccc(CC(C)(N)CO)n1C. The summed E-state index contributed by atoms with van der Waals surface area (Å²) >= 11 is 0. The van der Waals surface area contributed by atoms with Crippen LogP contribution in [0, 0.1) is 0 Å². The van der Waals surface area contributed by atoms with Crippen molar-refractivity contribution in [3.8, 4) is 0 Å². The fourth-order valence-corrected chi connectivity index (χ4v) is 1.51. The van der Waals surface area contributed by atoms with Crippen LogP contribution in [-0.2, 0) is 18.2 Å². The molecular formula is C11H18N2O3. The van der Waals surface area contributed by atoms with Crippen molar-refractivity contribution < 1.29 is 14.6 Å². The van der Waals surface area contributed by atoms with E-state index in [2.05, 4.69) is 4.74 Å². The molecule has 0 bridgehead atoms. The monoisotopic (exact) mass is 226 g/mol. The second-order valence-corrected chi connectivity index (χ2v) is 4.25. The third-order valence-electron chi connectivity index (χ3n) is 2.57. The second kappa shape index (κ2) is 4.67. The molecule has 0 aromatic carbocycles. The summed E-state index contributed by atoms with van der Waals surface area (Å²) in [4.78, 5) is 11.4. The molecule has 1 unspecified atom stereocenters. The average Bonchev–Trinajstić information content (AvgIpc) is 2.59. The number of esters is 1. The van der Waals surface area contributed by atoms with Gasteiger partial charge in [-0.2, -0.15) is 0 Å². The number of aliphatic hydroxyl groups is 1. The Hall–Kier alpha value is -1.33. The van der Waals surface area contributed by atoms with E-state index in [0.29, 0.717) is 12.1 Å². The van der Waals surface area contributed by atoms with Gasteiger partial charge in [-0.25, -0.2) is 4.79 Å². The van der Waals surface area contributed by atoms with Gasteiger partial charge in [0.15, 0.2) is 0 Å². The lowest BCUT2D eigenvalue weighted by atomic mass is 9.98. The Morgan fingerprint density at radius 2 is 2.25 bits per heavy atom. The number of hydrogen-bond donors (Lipinski definition) is 2. The summed E-state index contributed by atoms with van der Waals surface area (Å²) in [5.41, 5.74) is 6.54. The Balaban J connectivity index is 2.92. The molecule has 0 aliphatic heterocycles. The molecule has 1 heterocycles. The summed E-state index contributed by atoms with van der Waals surface area (Å²) in [5, 5.41) is 9.08. The Morgan fingerprint density at radius 3 is 2.75 bits per heavy atom. The molecule has 1 aromatic rings. The lowest BCUT2D eigenvalue weighted by Gasteiger charge is -2.22. The predicted octanol–water partition coefficient (Wildman–Crippen LogP) is 0.0639. The van der Waals surface area contributed by atoms with Crippen LogP contribution in [0.5, 0.6) is 0 Å². The summed E-state index contributed by atoms with van der Waals surface area (Å²) in [6.45, 7) is 1.66. The van der Waals surface area contributed by atoms with Crippen molar-refractivity contribution in [3.63, 3.8) is 0 Å². The molecule has 5 heteroatoms. The number of aromatic nitrogens is 1. The summed E-state index contributed by atoms with van der Waals surface area (Å²) < 4.78 is 6.38. The van der Waals surface area contributed by atoms with E-state index in [0.717, 1.165) is 5.69 Å². The molecule has 0 aliphatic carbocycles. The fourth-order valence-electron chi connectivity index (χ4n) is 1.51. The highest BCUT2D eigenvalue weighted by molar-refractivity contribution is 5.87. The van der Waals surface area contributed by atoms with E-state index in [1.165, 1.54) is 7.11 Å². The van der Waals surface area contributed by atoms with Gasteiger partial charge in [-0.05, 0) is 19.1 Å². The molecular weight excluding hydrogens is 208 g/mol. The normalized spacial score (nSPS) is 14.6. The van der Waals surface area contributed by atoms with Crippen LogP contribution >= 0.6 is 0 Å². The molecule has 0 fully saturated rings. The van der Waals surface area contributed by atoms with E-state index in [1.54, 1.807) is 24.6 Å². The van der Waals surface area contributed by atoms with Crippen LogP contribution in [0.4, 0.5) is 0 Å². The van der Waals surface area contributed by atoms with Gasteiger partial charge in [0.05, 0.1) is 13.7 Å². The molecule has 16 heavy (non-hydrogen) atoms. The first-order chi connectivity index (χ1) is 7.41. The number of ether oxygens (including phenoxy) is 1. The zero-order valence-electron chi connectivity index (χ0n) is 9.86. The average molecular weight is 226 g/mol. The van der Waals surface area contributed by atoms with E-state index < -0.39 is 5.54 Å². The number of carbonyl (C=O) groups excluding carboxylic acids is 1. The molecule has 3 N–H and O–H groups in total. The molecule has 0 saturated heterocycles. The van der Waals surface area contributed by atoms with Crippen LogP contribution in [0.2, 0.25) is 0 Å². The maximum absolute atomic E-state index is 11.4. The fraction of sp³-hybridized carbons (Fsp3) is 0.545. The molecule has 0 radical (unpaired) electrons. The third kappa shape index (κ3) is 2.62. The molecule has 90 valence electrons. The summed E-state index contributed by atoms with van der Waals surface area (Å²) in [7, 11) is 3.12. The minimum Gasteiger partial charge on any atom is -0.464 e. The van der Waals surface area contributed by atoms with E-state index >= 15 is 0 Å². The number of nitrogens with zero attached hydrogens (tertiary/aromatic N) is 1. The minimum atomic E-state index is -0.681. The molecule has 5 nitrogen and oxygen atoms in total. The van der Waals surface area contributed by atoms with Gasteiger partial charge in [0.2, 0.25) is 0 Å². The van der Waals surface area contributed by atoms with Gasteiger partial charge < -0.3 is 20.1 Å². The van der Waals surface area contributed by atoms with Crippen molar-refractivity contribution in [1.29, 1.82) is 0 Å². The van der Waals surface area contributed by atoms with Crippen molar-refractivity contribution in [3.05, 3.63) is 23.5 Å². The highest BCUT2D eigenvalue weighted by Crippen LogP contribution is 2.14. The number of rotatable bonds is 4. The lowest BCUT2D eigenvalue weighted by molar-refractivity contribution is 0.0589. The van der Waals surface area contributed by atoms with Crippen LogP contribution in [0.15, 0.2) is 12.1 Å². The van der Waals surface area contributed by atoms with Crippen molar-refractivity contribution in [1.82, 2.24) is 4.57 Å². The van der Waals surface area contributed by atoms with Crippen LogP contribution in [0.1, 0.15) is 23.1 Å². The number of hydrogen-bond acceptors (Lipinski definition) is 4. The largest absolute Gasteiger partial charge is 0.464 e. The van der Waals surface area contributed by atoms with Crippen molar-refractivity contribution >= 4 is 5.97 Å². The second-order valence-electron chi connectivity index (χ2n) is 4.25. The highest BCUT2D eigenvalue weighted by Gasteiger charge is 2.21. The van der Waals surface area contributed by atoms with Gasteiger partial charge in [0, 0.05) is 24.7 Å². The third-order valence-corrected chi connectivity index (χ3v) is 2.57. The Bertz CT molecular complexity index is 383. The number of methoxy groups -OCH3 is 1. The topological polar surface area (TPSA) is 77.5 Å². The van der Waals surface area contributed by atoms with E-state index in [1.807, 2.05) is 6.07 Å². The molecule has 1 atom stereocenters. The first-order valence-electron chi connectivity index (χ1n) is 5.04. The molecule has 1 rings (SSSR count). The highest BCUT2D eigenvalue weighted by atomic mass is 16.5. The Kier molecular flexibility index (Phi) is 3.72. The van der Waals surface area contributed by atoms with Gasteiger partial charge in [-0.15, -0.1) is 0 Å². The lowest BCUT2D eigenvalue weighted by Crippen LogP contribution is -2.42. The standard InChI is InChI=1S/C11H18N2O3/c1-11(12,7-14)6-8-4-5-9(13(8)2)10(15)16-3/h4-5,14H,6-7,12H2,1-3H3. The molecule has 0 spiro atoms. The number of nitrogens with two attached hydrogens (primary N) is 1. The van der Waals surface area contributed by atoms with Crippen molar-refractivity contribution in [2.45, 2.75) is 18.9 Å². The Morgan fingerprint density at radius 1 is 1.62 bits per heavy atom. The quantitative estimate of drug-likeness (QED) is 0.712. The summed E-state index contributed by atoms with van der Waals surface area (Å²) in [6, 6.07) is 3.50. The first kappa shape index (κ1) is 12.7. The zero-order valence-corrected chi connectivity index (χ0v) is 9.86. The van der Waals surface area contributed by atoms with Gasteiger partial charge in [0.1, 0.15) is 5.69 Å². The van der Waals surface area contributed by atoms with E-state index in [9.17, 15) is 4.79 Å². The van der Waals surface area contributed by atoms with E-state index in [4.69, 9.17) is 10.8 Å². The minimum absolute atomic E-state index is 0.105. The van der Waals surface area contributed by atoms with Gasteiger partial charge in [-0.1, -0.05) is 0 Å². The zero-order chi connectivity index (χ0) is 12.3. The smallest absolute Gasteiger partial charge is 0.354 e. The van der Waals surface area contributed by atoms with Crippen LogP contribution in [0.25, 0.3) is 0 Å². The predicted molar refractivity (Wildman–Crippen MR) is 60.1 cm³/mol.